The van der Waals surface area contributed by atoms with Crippen LogP contribution in [0.3, 0.4) is 0 Å². The number of nitrogens with zero attached hydrogens (tertiary/aromatic N) is 2. The van der Waals surface area contributed by atoms with Crippen molar-refractivity contribution in [2.75, 3.05) is 51.0 Å². The van der Waals surface area contributed by atoms with Crippen molar-refractivity contribution >= 4 is 34.5 Å². The van der Waals surface area contributed by atoms with Gasteiger partial charge in [0.25, 0.3) is 5.24 Å². The van der Waals surface area contributed by atoms with Crippen molar-refractivity contribution < 1.29 is 23.9 Å². The van der Waals surface area contributed by atoms with Gasteiger partial charge in [-0.25, -0.2) is 0 Å². The van der Waals surface area contributed by atoms with Crippen LogP contribution in [0.1, 0.15) is 13.8 Å². The predicted molar refractivity (Wildman–Crippen MR) is 104 cm³/mol. The normalized spacial score (nSPS) is 13.4. The quantitative estimate of drug-likeness (QED) is 0.689. The number of likely N-dealkylation sites (N-methyl/N-ethyl adjacent to an activating group) is 1. The van der Waals surface area contributed by atoms with Gasteiger partial charge in [0.2, 0.25) is 11.8 Å². The van der Waals surface area contributed by atoms with Gasteiger partial charge in [0.1, 0.15) is 6.54 Å². The van der Waals surface area contributed by atoms with Gasteiger partial charge in [0, 0.05) is 31.1 Å². The van der Waals surface area contributed by atoms with Gasteiger partial charge in [0.05, 0.1) is 19.8 Å². The number of ether oxygens (including phenoxy) is 2. The molecule has 1 fully saturated rings. The van der Waals surface area contributed by atoms with Gasteiger partial charge < -0.3 is 24.6 Å². The first-order chi connectivity index (χ1) is 12.9. The van der Waals surface area contributed by atoms with Crippen molar-refractivity contribution in [3.8, 4) is 11.5 Å². The lowest BCUT2D eigenvalue weighted by atomic mass is 10.2. The molecule has 0 unspecified atom stereocenters. The van der Waals surface area contributed by atoms with Crippen LogP contribution in [-0.4, -0.2) is 72.5 Å². The van der Waals surface area contributed by atoms with E-state index in [1.165, 1.54) is 21.6 Å². The highest BCUT2D eigenvalue weighted by Gasteiger charge is 2.25. The second kappa shape index (κ2) is 10.1. The minimum atomic E-state index is -0.334. The summed E-state index contributed by atoms with van der Waals surface area (Å²) in [6.45, 7) is 5.18. The van der Waals surface area contributed by atoms with Gasteiger partial charge in [-0.1, -0.05) is 11.8 Å². The number of carbonyl (C=O) groups excluding carboxylic acids is 3. The number of hydrogen-bond donors (Lipinski definition) is 1. The average Bonchev–Trinajstić information content (AvgIpc) is 3.02. The van der Waals surface area contributed by atoms with Crippen molar-refractivity contribution in [2.45, 2.75) is 13.8 Å². The monoisotopic (exact) mass is 395 g/mol. The van der Waals surface area contributed by atoms with E-state index < -0.39 is 0 Å². The number of benzene rings is 1. The summed E-state index contributed by atoms with van der Waals surface area (Å²) in [5, 5.41) is 2.65. The zero-order valence-electron chi connectivity index (χ0n) is 15.8. The molecular formula is C18H25N3O5S. The van der Waals surface area contributed by atoms with Crippen LogP contribution >= 0.6 is 11.8 Å². The van der Waals surface area contributed by atoms with Crippen LogP contribution < -0.4 is 14.8 Å². The highest BCUT2D eigenvalue weighted by atomic mass is 32.2. The van der Waals surface area contributed by atoms with E-state index in [-0.39, 0.29) is 30.1 Å². The molecule has 1 N–H and O–H groups in total. The Morgan fingerprint density at radius 3 is 2.56 bits per heavy atom. The smallest absolute Gasteiger partial charge is 0.282 e. The Kier molecular flexibility index (Phi) is 7.78. The molecule has 1 aromatic carbocycles. The molecule has 0 spiro atoms. The Labute approximate surface area is 163 Å². The van der Waals surface area contributed by atoms with Crippen LogP contribution in [0.15, 0.2) is 18.2 Å². The summed E-state index contributed by atoms with van der Waals surface area (Å²) in [5.74, 6) is 1.24. The van der Waals surface area contributed by atoms with E-state index in [2.05, 4.69) is 5.32 Å². The Morgan fingerprint density at radius 2 is 1.93 bits per heavy atom. The zero-order chi connectivity index (χ0) is 19.8. The number of thioether (sulfide) groups is 1. The SMILES string of the molecule is CCOc1ccc(NC(=O)CN(C)C(=O)CN2CCSC2=O)cc1OCC. The molecule has 2 rings (SSSR count). The predicted octanol–water partition coefficient (Wildman–Crippen LogP) is 2.05. The third kappa shape index (κ3) is 6.06. The molecule has 0 bridgehead atoms. The Bertz CT molecular complexity index is 698. The number of nitrogens with one attached hydrogen (secondary N) is 1. The minimum absolute atomic E-state index is 0.00679. The van der Waals surface area contributed by atoms with Crippen molar-refractivity contribution in [1.82, 2.24) is 9.80 Å². The van der Waals surface area contributed by atoms with E-state index in [0.717, 1.165) is 0 Å². The van der Waals surface area contributed by atoms with Crippen LogP contribution in [-0.2, 0) is 9.59 Å². The molecule has 1 heterocycles. The molecule has 3 amide bonds. The van der Waals surface area contributed by atoms with E-state index in [9.17, 15) is 14.4 Å². The Hall–Kier alpha value is -2.42. The number of hydrogen-bond acceptors (Lipinski definition) is 6. The van der Waals surface area contributed by atoms with E-state index in [1.54, 1.807) is 25.2 Å². The van der Waals surface area contributed by atoms with Gasteiger partial charge in [-0.2, -0.15) is 0 Å². The fraction of sp³-hybridized carbons (Fsp3) is 0.500. The number of carbonyl (C=O) groups is 3. The van der Waals surface area contributed by atoms with Gasteiger partial charge in [-0.15, -0.1) is 0 Å². The average molecular weight is 395 g/mol. The molecule has 148 valence electrons. The lowest BCUT2D eigenvalue weighted by molar-refractivity contribution is -0.133. The fourth-order valence-corrected chi connectivity index (χ4v) is 3.31. The molecular weight excluding hydrogens is 370 g/mol. The second-order valence-electron chi connectivity index (χ2n) is 5.86. The van der Waals surface area contributed by atoms with E-state index in [4.69, 9.17) is 9.47 Å². The molecule has 0 radical (unpaired) electrons. The van der Waals surface area contributed by atoms with Crippen molar-refractivity contribution in [2.24, 2.45) is 0 Å². The fourth-order valence-electron chi connectivity index (χ4n) is 2.49. The lowest BCUT2D eigenvalue weighted by Crippen LogP contribution is -2.41. The second-order valence-corrected chi connectivity index (χ2v) is 6.91. The summed E-state index contributed by atoms with van der Waals surface area (Å²) in [6, 6.07) is 5.14. The summed E-state index contributed by atoms with van der Waals surface area (Å²) >= 11 is 1.20. The molecule has 1 aliphatic rings. The topological polar surface area (TPSA) is 88.2 Å². The largest absolute Gasteiger partial charge is 0.490 e. The van der Waals surface area contributed by atoms with Gasteiger partial charge in [0.15, 0.2) is 11.5 Å². The summed E-state index contributed by atoms with van der Waals surface area (Å²) in [4.78, 5) is 38.8. The van der Waals surface area contributed by atoms with Gasteiger partial charge >= 0.3 is 0 Å². The maximum atomic E-state index is 12.2. The molecule has 0 saturated carbocycles. The lowest BCUT2D eigenvalue weighted by Gasteiger charge is -2.21. The standard InChI is InChI=1S/C18H25N3O5S/c1-4-25-14-7-6-13(10-15(14)26-5-2)19-16(22)11-20(3)17(23)12-21-8-9-27-18(21)24/h6-7,10H,4-5,8-9,11-12H2,1-3H3,(H,19,22). The number of rotatable bonds is 9. The number of anilines is 1. The summed E-state index contributed by atoms with van der Waals surface area (Å²) in [5.41, 5.74) is 0.555. The molecule has 1 saturated heterocycles. The minimum Gasteiger partial charge on any atom is -0.490 e. The Morgan fingerprint density at radius 1 is 1.22 bits per heavy atom. The van der Waals surface area contributed by atoms with Crippen LogP contribution in [0.2, 0.25) is 0 Å². The third-order valence-corrected chi connectivity index (χ3v) is 4.70. The zero-order valence-corrected chi connectivity index (χ0v) is 16.6. The first-order valence-corrected chi connectivity index (χ1v) is 9.78. The van der Waals surface area contributed by atoms with Crippen LogP contribution in [0, 0.1) is 0 Å². The molecule has 0 aromatic heterocycles. The number of amides is 3. The summed E-state index contributed by atoms with van der Waals surface area (Å²) in [7, 11) is 1.54. The maximum absolute atomic E-state index is 12.2. The molecule has 0 atom stereocenters. The van der Waals surface area contributed by atoms with Crippen molar-refractivity contribution in [3.63, 3.8) is 0 Å². The highest BCUT2D eigenvalue weighted by Crippen LogP contribution is 2.30. The van der Waals surface area contributed by atoms with Crippen LogP contribution in [0.25, 0.3) is 0 Å². The molecule has 8 nitrogen and oxygen atoms in total. The van der Waals surface area contributed by atoms with Crippen molar-refractivity contribution in [3.05, 3.63) is 18.2 Å². The molecule has 1 aliphatic heterocycles. The Balaban J connectivity index is 1.91. The molecule has 27 heavy (non-hydrogen) atoms. The maximum Gasteiger partial charge on any atom is 0.282 e. The summed E-state index contributed by atoms with van der Waals surface area (Å²) in [6.07, 6.45) is 0. The first-order valence-electron chi connectivity index (χ1n) is 8.79. The highest BCUT2D eigenvalue weighted by molar-refractivity contribution is 8.13. The van der Waals surface area contributed by atoms with Crippen molar-refractivity contribution in [1.29, 1.82) is 0 Å². The van der Waals surface area contributed by atoms with E-state index >= 15 is 0 Å². The molecule has 0 aliphatic carbocycles. The first kappa shape index (κ1) is 20.9. The molecule has 9 heteroatoms. The van der Waals surface area contributed by atoms with Crippen LogP contribution in [0.4, 0.5) is 10.5 Å². The van der Waals surface area contributed by atoms with Gasteiger partial charge in [-0.05, 0) is 26.0 Å². The van der Waals surface area contributed by atoms with E-state index in [1.807, 2.05) is 13.8 Å². The van der Waals surface area contributed by atoms with Gasteiger partial charge in [-0.3, -0.25) is 14.4 Å². The van der Waals surface area contributed by atoms with E-state index in [0.29, 0.717) is 42.7 Å². The summed E-state index contributed by atoms with van der Waals surface area (Å²) < 4.78 is 11.0. The van der Waals surface area contributed by atoms with Crippen LogP contribution in [0.5, 0.6) is 11.5 Å². The molecule has 1 aromatic rings. The third-order valence-electron chi connectivity index (χ3n) is 3.80.